The van der Waals surface area contributed by atoms with Crippen molar-refractivity contribution in [1.82, 2.24) is 9.55 Å². The summed E-state index contributed by atoms with van der Waals surface area (Å²) in [5.74, 6) is -4.03. The van der Waals surface area contributed by atoms with Crippen LogP contribution in [-0.2, 0) is 18.3 Å². The molecule has 0 unspecified atom stereocenters. The number of aliphatic hydroxyl groups excluding tert-OH is 1. The monoisotopic (exact) mass is 433 g/mol. The number of alkyl halides is 2. The molecule has 0 aliphatic carbocycles. The Hall–Kier alpha value is -0.910. The van der Waals surface area contributed by atoms with Crippen LogP contribution in [0.1, 0.15) is 6.23 Å². The fourth-order valence-electron chi connectivity index (χ4n) is 2.19. The molecule has 1 saturated heterocycles. The van der Waals surface area contributed by atoms with Crippen molar-refractivity contribution in [3.63, 3.8) is 0 Å². The number of aliphatic hydroxyl groups is 1. The molecule has 3 atom stereocenters. The fraction of sp³-hybridized carbons (Fsp3) is 0.636. The van der Waals surface area contributed by atoms with E-state index in [1.165, 1.54) is 0 Å². The Morgan fingerprint density at radius 2 is 2.12 bits per heavy atom. The summed E-state index contributed by atoms with van der Waals surface area (Å²) < 4.78 is 55.8. The fourth-order valence-corrected chi connectivity index (χ4v) is 3.67. The van der Waals surface area contributed by atoms with E-state index in [0.717, 1.165) is 20.4 Å². The van der Waals surface area contributed by atoms with Crippen LogP contribution in [0.3, 0.4) is 0 Å². The summed E-state index contributed by atoms with van der Waals surface area (Å²) in [5, 5.41) is 9.84. The second-order valence-electron chi connectivity index (χ2n) is 4.97. The lowest BCUT2D eigenvalue weighted by atomic mass is 10.1. The molecule has 0 aromatic carbocycles. The van der Waals surface area contributed by atoms with Gasteiger partial charge in [0.05, 0.1) is 10.6 Å². The molecule has 9 nitrogen and oxygen atoms in total. The second kappa shape index (κ2) is 6.77. The molecule has 136 valence electrons. The van der Waals surface area contributed by atoms with Crippen LogP contribution < -0.4 is 11.4 Å². The molecule has 3 N–H and O–H groups in total. The molecule has 0 spiro atoms. The molecule has 1 aliphatic rings. The van der Waals surface area contributed by atoms with Crippen molar-refractivity contribution in [2.45, 2.75) is 24.4 Å². The molecule has 0 radical (unpaired) electrons. The van der Waals surface area contributed by atoms with Crippen molar-refractivity contribution in [3.8, 4) is 0 Å². The maximum Gasteiger partial charge on any atom is 0.351 e. The van der Waals surface area contributed by atoms with Crippen molar-refractivity contribution in [2.75, 3.05) is 26.1 Å². The molecule has 2 rings (SSSR count). The highest BCUT2D eigenvalue weighted by molar-refractivity contribution is 9.10. The van der Waals surface area contributed by atoms with Gasteiger partial charge in [-0.1, -0.05) is 0 Å². The van der Waals surface area contributed by atoms with Gasteiger partial charge in [-0.25, -0.2) is 4.79 Å². The van der Waals surface area contributed by atoms with E-state index in [9.17, 15) is 23.2 Å². The first-order valence-corrected chi connectivity index (χ1v) is 9.04. The molecule has 1 aromatic rings. The highest BCUT2D eigenvalue weighted by atomic mass is 79.9. The Balaban J connectivity index is 2.38. The maximum atomic E-state index is 14.4. The predicted molar refractivity (Wildman–Crippen MR) is 82.0 cm³/mol. The van der Waals surface area contributed by atoms with Crippen molar-refractivity contribution in [2.24, 2.45) is 0 Å². The number of nitrogen functional groups attached to an aromatic ring is 1. The minimum atomic E-state index is -3.85. The third-order valence-electron chi connectivity index (χ3n) is 3.53. The SMILES string of the molecule is COP(=O)(C[C@H]1O[C@@H](n2cc(Br)c(N)nc2=O)C(F)(F)[C@@H]1O)OC. The van der Waals surface area contributed by atoms with E-state index in [2.05, 4.69) is 30.0 Å². The lowest BCUT2D eigenvalue weighted by molar-refractivity contribution is -0.140. The van der Waals surface area contributed by atoms with Crippen LogP contribution in [-0.4, -0.2) is 53.2 Å². The minimum absolute atomic E-state index is 0.0962. The lowest BCUT2D eigenvalue weighted by Crippen LogP contribution is -2.42. The van der Waals surface area contributed by atoms with Gasteiger partial charge >= 0.3 is 19.2 Å². The minimum Gasteiger partial charge on any atom is -0.384 e. The Labute approximate surface area is 143 Å². The summed E-state index contributed by atoms with van der Waals surface area (Å²) in [4.78, 5) is 15.2. The summed E-state index contributed by atoms with van der Waals surface area (Å²) in [6.45, 7) is 0. The number of rotatable bonds is 5. The molecular weight excluding hydrogens is 419 g/mol. The van der Waals surface area contributed by atoms with Gasteiger partial charge in [0, 0.05) is 20.4 Å². The number of halogens is 3. The van der Waals surface area contributed by atoms with Crippen molar-refractivity contribution >= 4 is 29.3 Å². The number of nitrogens with two attached hydrogens (primary N) is 1. The summed E-state index contributed by atoms with van der Waals surface area (Å²) in [6, 6.07) is 0. The van der Waals surface area contributed by atoms with E-state index in [-0.39, 0.29) is 10.3 Å². The zero-order valence-corrected chi connectivity index (χ0v) is 15.0. The summed E-state index contributed by atoms with van der Waals surface area (Å²) in [7, 11) is -1.57. The molecule has 1 aromatic heterocycles. The van der Waals surface area contributed by atoms with Gasteiger partial charge in [0.25, 0.3) is 0 Å². The van der Waals surface area contributed by atoms with Crippen LogP contribution in [0.25, 0.3) is 0 Å². The Morgan fingerprint density at radius 3 is 2.67 bits per heavy atom. The molecule has 13 heteroatoms. The molecule has 0 amide bonds. The summed E-state index contributed by atoms with van der Waals surface area (Å²) in [5.41, 5.74) is 4.32. The van der Waals surface area contributed by atoms with E-state index in [0.29, 0.717) is 4.57 Å². The van der Waals surface area contributed by atoms with E-state index >= 15 is 0 Å². The molecule has 2 heterocycles. The van der Waals surface area contributed by atoms with Gasteiger partial charge < -0.3 is 24.6 Å². The Kier molecular flexibility index (Phi) is 5.48. The molecule has 24 heavy (non-hydrogen) atoms. The Bertz CT molecular complexity index is 724. The van der Waals surface area contributed by atoms with Crippen LogP contribution in [0.5, 0.6) is 0 Å². The summed E-state index contributed by atoms with van der Waals surface area (Å²) in [6.07, 6.45) is -5.71. The zero-order chi connectivity index (χ0) is 18.3. The van der Waals surface area contributed by atoms with Gasteiger partial charge in [0.1, 0.15) is 18.0 Å². The van der Waals surface area contributed by atoms with Gasteiger partial charge in [-0.3, -0.25) is 9.13 Å². The molecular formula is C11H15BrF2N3O6P. The highest BCUT2D eigenvalue weighted by Gasteiger charge is 2.60. The third kappa shape index (κ3) is 3.39. The summed E-state index contributed by atoms with van der Waals surface area (Å²) >= 11 is 2.97. The van der Waals surface area contributed by atoms with Crippen LogP contribution in [0.2, 0.25) is 0 Å². The predicted octanol–water partition coefficient (Wildman–Crippen LogP) is 0.967. The van der Waals surface area contributed by atoms with Gasteiger partial charge in [-0.05, 0) is 15.9 Å². The van der Waals surface area contributed by atoms with E-state index < -0.39 is 43.8 Å². The molecule has 0 bridgehead atoms. The maximum absolute atomic E-state index is 14.4. The second-order valence-corrected chi connectivity index (χ2v) is 8.14. The third-order valence-corrected chi connectivity index (χ3v) is 6.06. The number of hydrogen-bond donors (Lipinski definition) is 2. The first-order valence-electron chi connectivity index (χ1n) is 6.51. The van der Waals surface area contributed by atoms with Crippen molar-refractivity contribution in [3.05, 3.63) is 21.2 Å². The van der Waals surface area contributed by atoms with Crippen molar-refractivity contribution in [1.29, 1.82) is 0 Å². The topological polar surface area (TPSA) is 126 Å². The van der Waals surface area contributed by atoms with Crippen LogP contribution >= 0.6 is 23.5 Å². The number of aromatic nitrogens is 2. The molecule has 0 saturated carbocycles. The Morgan fingerprint density at radius 1 is 1.54 bits per heavy atom. The van der Waals surface area contributed by atoms with E-state index in [1.54, 1.807) is 0 Å². The largest absolute Gasteiger partial charge is 0.384 e. The zero-order valence-electron chi connectivity index (χ0n) is 12.6. The average Bonchev–Trinajstić information content (AvgIpc) is 2.74. The average molecular weight is 434 g/mol. The van der Waals surface area contributed by atoms with Gasteiger partial charge in [0.2, 0.25) is 6.23 Å². The number of hydrogen-bond acceptors (Lipinski definition) is 8. The van der Waals surface area contributed by atoms with Crippen LogP contribution in [0.15, 0.2) is 15.5 Å². The standard InChI is InChI=1S/C11H15BrF2N3O6P/c1-21-24(20,22-2)4-6-7(18)11(13,14)9(23-6)17-3-5(12)8(15)16-10(17)19/h3,6-7,9,18H,4H2,1-2H3,(H2,15,16,19)/t6-,7-,9-/m1/s1. The lowest BCUT2D eigenvalue weighted by Gasteiger charge is -2.21. The smallest absolute Gasteiger partial charge is 0.351 e. The number of nitrogens with zero attached hydrogens (tertiary/aromatic N) is 2. The van der Waals surface area contributed by atoms with E-state index in [4.69, 9.17) is 10.5 Å². The highest BCUT2D eigenvalue weighted by Crippen LogP contribution is 2.52. The van der Waals surface area contributed by atoms with Crippen LogP contribution in [0.4, 0.5) is 14.6 Å². The number of anilines is 1. The normalized spacial score (nSPS) is 26.7. The van der Waals surface area contributed by atoms with E-state index in [1.807, 2.05) is 0 Å². The molecule has 1 aliphatic heterocycles. The van der Waals surface area contributed by atoms with Crippen LogP contribution in [0, 0.1) is 0 Å². The van der Waals surface area contributed by atoms with Gasteiger partial charge in [0.15, 0.2) is 0 Å². The van der Waals surface area contributed by atoms with Crippen molar-refractivity contribution < 1.29 is 32.2 Å². The van der Waals surface area contributed by atoms with Gasteiger partial charge in [-0.15, -0.1) is 0 Å². The van der Waals surface area contributed by atoms with Gasteiger partial charge in [-0.2, -0.15) is 13.8 Å². The first-order chi connectivity index (χ1) is 11.1. The molecule has 1 fully saturated rings. The quantitative estimate of drug-likeness (QED) is 0.657. The number of ether oxygens (including phenoxy) is 1. The first kappa shape index (κ1) is 19.4.